The second-order valence-corrected chi connectivity index (χ2v) is 15.4. The Kier molecular flexibility index (Phi) is 16.0. The van der Waals surface area contributed by atoms with Crippen LogP contribution in [-0.2, 0) is 20.2 Å². The summed E-state index contributed by atoms with van der Waals surface area (Å²) >= 11 is 0. The van der Waals surface area contributed by atoms with Crippen LogP contribution in [0.25, 0.3) is 10.8 Å². The van der Waals surface area contributed by atoms with Crippen molar-refractivity contribution in [3.05, 3.63) is 96.1 Å². The summed E-state index contributed by atoms with van der Waals surface area (Å²) in [4.78, 5) is 26.5. The number of nitrogens with zero attached hydrogens (tertiary/aromatic N) is 12. The van der Waals surface area contributed by atoms with Crippen LogP contribution >= 0.6 is 0 Å². The molecule has 20 nitrogen and oxygen atoms in total. The quantitative estimate of drug-likeness (QED) is 0.0538. The SMILES string of the molecule is CS(=O)(=O)O.Cc1n[c-]nc(N(C)c2ccc(S(=O)(=O)O)c(N=Nc3c(C)cc4ccc(N=Nc5ccccc5C)c(N)c4c3O)c2)n1.[3H]c1nc(C)nc(N(C)C)n1.[U]. The predicted octanol–water partition coefficient (Wildman–Crippen LogP) is 6.63. The Bertz CT molecular complexity index is 2770. The Hall–Kier alpha value is -5.57. The van der Waals surface area contributed by atoms with Crippen molar-refractivity contribution >= 4 is 77.0 Å². The fourth-order valence-corrected chi connectivity index (χ4v) is 5.47. The van der Waals surface area contributed by atoms with Crippen LogP contribution in [0.1, 0.15) is 24.1 Å². The summed E-state index contributed by atoms with van der Waals surface area (Å²) in [5.74, 6) is 1.52. The van der Waals surface area contributed by atoms with Gasteiger partial charge in [0.15, 0.2) is 5.75 Å². The normalized spacial score (nSPS) is 11.6. The molecule has 0 fully saturated rings. The van der Waals surface area contributed by atoms with Crippen molar-refractivity contribution in [3.63, 3.8) is 0 Å². The molecular formula is C36H40N13O7S2U-. The Balaban J connectivity index is 0.000000475. The number of anilines is 4. The molecule has 0 aliphatic carbocycles. The molecule has 4 aromatic carbocycles. The Morgan fingerprint density at radius 1 is 0.763 bits per heavy atom. The van der Waals surface area contributed by atoms with E-state index in [1.807, 2.05) is 45.3 Å². The fourth-order valence-electron chi connectivity index (χ4n) is 4.87. The van der Waals surface area contributed by atoms with Crippen LogP contribution in [0.2, 0.25) is 0 Å². The Morgan fingerprint density at radius 2 is 1.39 bits per heavy atom. The first-order valence-corrected chi connectivity index (χ1v) is 20.0. The minimum atomic E-state index is -4.68. The van der Waals surface area contributed by atoms with Crippen LogP contribution in [0.4, 0.5) is 46.0 Å². The van der Waals surface area contributed by atoms with Crippen molar-refractivity contribution < 1.29 is 63.5 Å². The molecule has 6 rings (SSSR count). The van der Waals surface area contributed by atoms with Crippen LogP contribution in [0.5, 0.6) is 5.75 Å². The van der Waals surface area contributed by atoms with Gasteiger partial charge in [0.2, 0.25) is 5.95 Å². The van der Waals surface area contributed by atoms with Gasteiger partial charge < -0.3 is 35.6 Å². The van der Waals surface area contributed by atoms with Gasteiger partial charge in [-0.1, -0.05) is 31.2 Å². The van der Waals surface area contributed by atoms with Gasteiger partial charge >= 0.3 is 0 Å². The number of phenols is 1. The summed E-state index contributed by atoms with van der Waals surface area (Å²) in [5.41, 5.74) is 9.40. The number of aryl methyl sites for hydroxylation is 4. The second kappa shape index (κ2) is 20.4. The van der Waals surface area contributed by atoms with Gasteiger partial charge in [-0.3, -0.25) is 9.11 Å². The van der Waals surface area contributed by atoms with E-state index < -0.39 is 25.1 Å². The molecule has 0 radical (unpaired) electrons. The summed E-state index contributed by atoms with van der Waals surface area (Å²) in [5, 5.41) is 29.1. The van der Waals surface area contributed by atoms with Gasteiger partial charge in [-0.25, -0.2) is 9.97 Å². The summed E-state index contributed by atoms with van der Waals surface area (Å²) in [6.07, 6.45) is 3.23. The zero-order valence-corrected chi connectivity index (χ0v) is 38.8. The van der Waals surface area contributed by atoms with Crippen molar-refractivity contribution in [2.75, 3.05) is 42.9 Å². The number of fused-ring (bicyclic) bond motifs is 1. The van der Waals surface area contributed by atoms with Gasteiger partial charge in [-0.15, -0.1) is 15.3 Å². The third-order valence-corrected chi connectivity index (χ3v) is 8.56. The number of nitrogens with two attached hydrogens (primary N) is 1. The van der Waals surface area contributed by atoms with E-state index in [9.17, 15) is 26.5 Å². The van der Waals surface area contributed by atoms with E-state index in [-0.39, 0.29) is 71.6 Å². The van der Waals surface area contributed by atoms with E-state index in [1.54, 1.807) is 55.8 Å². The Morgan fingerprint density at radius 3 is 2.00 bits per heavy atom. The maximum atomic E-state index is 12.2. The van der Waals surface area contributed by atoms with E-state index >= 15 is 0 Å². The van der Waals surface area contributed by atoms with Crippen molar-refractivity contribution in [1.82, 2.24) is 29.9 Å². The number of phenolic OH excluding ortho intramolecular Hbond substituents is 1. The van der Waals surface area contributed by atoms with Crippen molar-refractivity contribution in [1.29, 1.82) is 0 Å². The minimum Gasteiger partial charge on any atom is -0.505 e. The van der Waals surface area contributed by atoms with E-state index in [0.717, 1.165) is 5.56 Å². The third-order valence-electron chi connectivity index (χ3n) is 7.65. The smallest absolute Gasteiger partial charge is 0.296 e. The van der Waals surface area contributed by atoms with E-state index in [1.165, 1.54) is 18.2 Å². The number of azo groups is 2. The molecule has 2 aromatic heterocycles. The maximum absolute atomic E-state index is 12.2. The first kappa shape index (κ1) is 46.1. The van der Waals surface area contributed by atoms with Gasteiger partial charge in [0.25, 0.3) is 20.2 Å². The average Bonchev–Trinajstić information content (AvgIpc) is 3.13. The minimum absolute atomic E-state index is 0. The van der Waals surface area contributed by atoms with Crippen LogP contribution in [0, 0.1) is 65.1 Å². The number of aromatic hydroxyl groups is 1. The van der Waals surface area contributed by atoms with Crippen LogP contribution in [0.3, 0.4) is 0 Å². The molecule has 0 bridgehead atoms. The monoisotopic (exact) mass is 1070 g/mol. The molecule has 6 aromatic rings. The zero-order valence-electron chi connectivity index (χ0n) is 34.0. The van der Waals surface area contributed by atoms with Gasteiger partial charge in [0.1, 0.15) is 41.4 Å². The zero-order chi connectivity index (χ0) is 43.8. The van der Waals surface area contributed by atoms with Crippen molar-refractivity contribution in [2.45, 2.75) is 32.6 Å². The maximum Gasteiger partial charge on any atom is 0.296 e. The van der Waals surface area contributed by atoms with Gasteiger partial charge in [-0.05, 0) is 73.7 Å². The molecule has 59 heavy (non-hydrogen) atoms. The van der Waals surface area contributed by atoms with Crippen LogP contribution in [-0.4, -0.2) is 88.4 Å². The standard InChI is InChI=1S/C29H26N9O4S.C6H10N4.CH4O3S.U/c1-16-7-5-6-8-21(16)34-35-22-11-9-19-13-17(2)27(28(39)25(19)26(22)30)37-36-23-14-20(10-12-24(23)43(40,41)42)38(4)29-32-15-31-18(3)33-29;1-5-7-4-8-6(9-5)10(2)3;1-5(2,3)4;/h5-14,39H,30H2,1-4H3,(H,40,41,42);4H,1-3H3;1H3,(H,2,3,4);/q-1;;;/i;4T;;. The van der Waals surface area contributed by atoms with Crippen LogP contribution < -0.4 is 15.5 Å². The van der Waals surface area contributed by atoms with Gasteiger partial charge in [0.05, 0.1) is 23.0 Å². The molecular weight excluding hydrogens is 1030 g/mol. The number of nitrogen functional groups attached to an aromatic ring is 1. The van der Waals surface area contributed by atoms with Gasteiger partial charge in [-0.2, -0.15) is 26.9 Å². The molecule has 0 spiro atoms. The third kappa shape index (κ3) is 13.5. The van der Waals surface area contributed by atoms with Gasteiger partial charge in [0, 0.05) is 70.1 Å². The summed E-state index contributed by atoms with van der Waals surface area (Å²) in [6.45, 7) is 7.05. The first-order chi connectivity index (χ1) is 27.5. The number of rotatable bonds is 8. The van der Waals surface area contributed by atoms with E-state index in [0.29, 0.717) is 51.9 Å². The van der Waals surface area contributed by atoms with Crippen LogP contribution in [0.15, 0.2) is 92.3 Å². The predicted molar refractivity (Wildman–Crippen MR) is 218 cm³/mol. The first-order valence-electron chi connectivity index (χ1n) is 17.2. The summed E-state index contributed by atoms with van der Waals surface area (Å²) < 4.78 is 67.2. The second-order valence-electron chi connectivity index (χ2n) is 12.6. The van der Waals surface area contributed by atoms with E-state index in [4.69, 9.17) is 11.7 Å². The number of hydrogen-bond donors (Lipinski definition) is 4. The molecule has 0 aliphatic heterocycles. The van der Waals surface area contributed by atoms with E-state index in [2.05, 4.69) is 56.7 Å². The molecule has 0 unspecified atom stereocenters. The number of aromatic nitrogens is 6. The summed E-state index contributed by atoms with van der Waals surface area (Å²) in [6, 6.07) is 16.7. The average molecular weight is 1070 g/mol. The Labute approximate surface area is 366 Å². The molecule has 0 saturated carbocycles. The molecule has 0 aliphatic rings. The molecule has 0 saturated heterocycles. The number of benzene rings is 4. The largest absolute Gasteiger partial charge is 0.505 e. The molecule has 23 heteroatoms. The molecule has 5 N–H and O–H groups in total. The topological polar surface area (TPSA) is 288 Å². The molecule has 0 amide bonds. The van der Waals surface area contributed by atoms with Crippen molar-refractivity contribution in [2.24, 2.45) is 20.5 Å². The summed E-state index contributed by atoms with van der Waals surface area (Å²) in [7, 11) is -3.03. The number of hydrogen-bond acceptors (Lipinski definition) is 18. The van der Waals surface area contributed by atoms with Crippen molar-refractivity contribution in [3.8, 4) is 5.75 Å². The molecule has 2 heterocycles. The molecule has 308 valence electrons. The fraction of sp³-hybridized carbons (Fsp3) is 0.222. The molecule has 0 atom stereocenters.